The van der Waals surface area contributed by atoms with Crippen LogP contribution in [0, 0.1) is 13.8 Å². The fourth-order valence-electron chi connectivity index (χ4n) is 1.41. The lowest BCUT2D eigenvalue weighted by Crippen LogP contribution is -2.23. The van der Waals surface area contributed by atoms with Crippen LogP contribution in [0.2, 0.25) is 0 Å². The first-order chi connectivity index (χ1) is 8.88. The van der Waals surface area contributed by atoms with Crippen molar-refractivity contribution in [1.29, 1.82) is 0 Å². The zero-order valence-electron chi connectivity index (χ0n) is 10.5. The molecular formula is C11H14N4O3S. The summed E-state index contributed by atoms with van der Waals surface area (Å²) < 4.78 is 31.6. The molecule has 3 N–H and O–H groups in total. The van der Waals surface area contributed by atoms with E-state index in [9.17, 15) is 8.42 Å². The lowest BCUT2D eigenvalue weighted by atomic mass is 10.4. The molecule has 8 heteroatoms. The average molecular weight is 282 g/mol. The Morgan fingerprint density at radius 2 is 2.11 bits per heavy atom. The third-order valence-corrected chi connectivity index (χ3v) is 3.94. The Morgan fingerprint density at radius 3 is 2.63 bits per heavy atom. The van der Waals surface area contributed by atoms with E-state index in [4.69, 9.17) is 10.2 Å². The molecular weight excluding hydrogens is 268 g/mol. The molecule has 0 atom stereocenters. The maximum atomic E-state index is 11.9. The Labute approximate surface area is 110 Å². The molecule has 0 fully saturated rings. The maximum Gasteiger partial charge on any atom is 0.242 e. The lowest BCUT2D eigenvalue weighted by molar-refractivity contribution is 0.463. The van der Waals surface area contributed by atoms with Gasteiger partial charge in [-0.1, -0.05) is 0 Å². The monoisotopic (exact) mass is 282 g/mol. The van der Waals surface area contributed by atoms with Gasteiger partial charge in [0.2, 0.25) is 15.9 Å². The number of aromatic nitrogens is 2. The molecule has 0 aliphatic carbocycles. The molecule has 0 aliphatic heterocycles. The van der Waals surface area contributed by atoms with Crippen LogP contribution in [0.25, 0.3) is 0 Å². The molecule has 2 aromatic heterocycles. The summed E-state index contributed by atoms with van der Waals surface area (Å²) in [5.74, 6) is 1.25. The van der Waals surface area contributed by atoms with Gasteiger partial charge >= 0.3 is 0 Å². The van der Waals surface area contributed by atoms with Crippen molar-refractivity contribution in [2.45, 2.75) is 25.3 Å². The van der Waals surface area contributed by atoms with Crippen LogP contribution in [-0.2, 0) is 16.6 Å². The third-order valence-electron chi connectivity index (χ3n) is 2.56. The van der Waals surface area contributed by atoms with E-state index in [1.54, 1.807) is 13.8 Å². The SMILES string of the molecule is Cc1nc(CNS(=O)(=O)c2ccc(N)nc2)oc1C. The van der Waals surface area contributed by atoms with Crippen molar-refractivity contribution < 1.29 is 12.8 Å². The van der Waals surface area contributed by atoms with Crippen molar-refractivity contribution in [1.82, 2.24) is 14.7 Å². The van der Waals surface area contributed by atoms with Crippen LogP contribution >= 0.6 is 0 Å². The number of rotatable bonds is 4. The van der Waals surface area contributed by atoms with Gasteiger partial charge in [0.15, 0.2) is 0 Å². The number of anilines is 1. The van der Waals surface area contributed by atoms with E-state index in [2.05, 4.69) is 14.7 Å². The second kappa shape index (κ2) is 4.98. The van der Waals surface area contributed by atoms with Crippen LogP contribution in [0.15, 0.2) is 27.6 Å². The Hall–Kier alpha value is -1.93. The minimum Gasteiger partial charge on any atom is -0.444 e. The summed E-state index contributed by atoms with van der Waals surface area (Å²) in [4.78, 5) is 7.87. The van der Waals surface area contributed by atoms with Crippen LogP contribution in [0.5, 0.6) is 0 Å². The number of nitrogens with one attached hydrogen (secondary N) is 1. The van der Waals surface area contributed by atoms with Crippen LogP contribution in [0.3, 0.4) is 0 Å². The van der Waals surface area contributed by atoms with Gasteiger partial charge in [-0.05, 0) is 26.0 Å². The van der Waals surface area contributed by atoms with Gasteiger partial charge in [-0.15, -0.1) is 0 Å². The standard InChI is InChI=1S/C11H14N4O3S/c1-7-8(2)18-11(15-7)6-14-19(16,17)9-3-4-10(12)13-5-9/h3-5,14H,6H2,1-2H3,(H2,12,13). The van der Waals surface area contributed by atoms with Gasteiger partial charge in [0.25, 0.3) is 0 Å². The quantitative estimate of drug-likeness (QED) is 0.855. The van der Waals surface area contributed by atoms with Gasteiger partial charge in [-0.2, -0.15) is 0 Å². The Balaban J connectivity index is 2.11. The second-order valence-corrected chi connectivity index (χ2v) is 5.76. The molecule has 0 spiro atoms. The molecule has 19 heavy (non-hydrogen) atoms. The lowest BCUT2D eigenvalue weighted by Gasteiger charge is -2.04. The maximum absolute atomic E-state index is 11.9. The Morgan fingerprint density at radius 1 is 1.37 bits per heavy atom. The zero-order valence-corrected chi connectivity index (χ0v) is 11.4. The number of hydrogen-bond acceptors (Lipinski definition) is 6. The summed E-state index contributed by atoms with van der Waals surface area (Å²) >= 11 is 0. The van der Waals surface area contributed by atoms with Gasteiger partial charge in [0.1, 0.15) is 16.5 Å². The van der Waals surface area contributed by atoms with Crippen LogP contribution in [-0.4, -0.2) is 18.4 Å². The highest BCUT2D eigenvalue weighted by molar-refractivity contribution is 7.89. The number of pyridine rings is 1. The molecule has 0 radical (unpaired) electrons. The number of hydrogen-bond donors (Lipinski definition) is 2. The van der Waals surface area contributed by atoms with Crippen LogP contribution < -0.4 is 10.5 Å². The van der Waals surface area contributed by atoms with Gasteiger partial charge in [0, 0.05) is 6.20 Å². The van der Waals surface area contributed by atoms with Crippen molar-refractivity contribution in [3.8, 4) is 0 Å². The molecule has 2 aromatic rings. The highest BCUT2D eigenvalue weighted by Gasteiger charge is 2.16. The summed E-state index contributed by atoms with van der Waals surface area (Å²) in [6.45, 7) is 3.55. The summed E-state index contributed by atoms with van der Waals surface area (Å²) in [7, 11) is -3.65. The van der Waals surface area contributed by atoms with E-state index < -0.39 is 10.0 Å². The topological polar surface area (TPSA) is 111 Å². The summed E-state index contributed by atoms with van der Waals surface area (Å²) in [5, 5.41) is 0. The highest BCUT2D eigenvalue weighted by atomic mass is 32.2. The minimum absolute atomic E-state index is 0.0125. The number of nitrogens with two attached hydrogens (primary N) is 1. The van der Waals surface area contributed by atoms with Gasteiger partial charge in [-0.3, -0.25) is 0 Å². The van der Waals surface area contributed by atoms with E-state index in [0.717, 1.165) is 5.69 Å². The minimum atomic E-state index is -3.65. The van der Waals surface area contributed by atoms with Gasteiger partial charge in [-0.25, -0.2) is 23.1 Å². The van der Waals surface area contributed by atoms with Crippen molar-refractivity contribution in [2.75, 3.05) is 5.73 Å². The van der Waals surface area contributed by atoms with Crippen molar-refractivity contribution in [2.24, 2.45) is 0 Å². The smallest absolute Gasteiger partial charge is 0.242 e. The molecule has 0 bridgehead atoms. The third kappa shape index (κ3) is 3.09. The van der Waals surface area contributed by atoms with Crippen molar-refractivity contribution in [3.63, 3.8) is 0 Å². The predicted molar refractivity (Wildman–Crippen MR) is 68.7 cm³/mol. The molecule has 0 saturated carbocycles. The molecule has 0 amide bonds. The Kier molecular flexibility index (Phi) is 3.54. The fraction of sp³-hybridized carbons (Fsp3) is 0.273. The van der Waals surface area contributed by atoms with Crippen LogP contribution in [0.4, 0.5) is 5.82 Å². The first-order valence-corrected chi connectivity index (χ1v) is 7.01. The first kappa shape index (κ1) is 13.5. The molecule has 0 aliphatic rings. The molecule has 102 valence electrons. The average Bonchev–Trinajstić information content (AvgIpc) is 2.67. The van der Waals surface area contributed by atoms with Gasteiger partial charge in [0.05, 0.1) is 12.2 Å². The summed E-state index contributed by atoms with van der Waals surface area (Å²) in [6.07, 6.45) is 1.20. The van der Waals surface area contributed by atoms with Crippen LogP contribution in [0.1, 0.15) is 17.3 Å². The fourth-order valence-corrected chi connectivity index (χ4v) is 2.32. The number of nitrogen functional groups attached to an aromatic ring is 1. The number of sulfonamides is 1. The van der Waals surface area contributed by atoms with Crippen molar-refractivity contribution >= 4 is 15.8 Å². The van der Waals surface area contributed by atoms with E-state index in [-0.39, 0.29) is 17.3 Å². The van der Waals surface area contributed by atoms with Gasteiger partial charge < -0.3 is 10.2 Å². The predicted octanol–water partition coefficient (Wildman–Crippen LogP) is 0.747. The van der Waals surface area contributed by atoms with E-state index in [1.807, 2.05) is 0 Å². The van der Waals surface area contributed by atoms with E-state index >= 15 is 0 Å². The zero-order chi connectivity index (χ0) is 14.0. The number of aryl methyl sites for hydroxylation is 2. The normalized spacial score (nSPS) is 11.7. The van der Waals surface area contributed by atoms with E-state index in [0.29, 0.717) is 11.7 Å². The molecule has 2 heterocycles. The first-order valence-electron chi connectivity index (χ1n) is 5.52. The molecule has 0 saturated heterocycles. The van der Waals surface area contributed by atoms with E-state index in [1.165, 1.54) is 18.3 Å². The number of oxazole rings is 1. The Bertz CT molecular complexity index is 657. The summed E-state index contributed by atoms with van der Waals surface area (Å²) in [5.41, 5.74) is 6.14. The molecule has 0 aromatic carbocycles. The highest BCUT2D eigenvalue weighted by Crippen LogP contribution is 2.11. The molecule has 0 unspecified atom stereocenters. The molecule has 7 nitrogen and oxygen atoms in total. The van der Waals surface area contributed by atoms with Crippen molar-refractivity contribution in [3.05, 3.63) is 35.7 Å². The summed E-state index contributed by atoms with van der Waals surface area (Å²) in [6, 6.07) is 2.81. The number of nitrogens with zero attached hydrogens (tertiary/aromatic N) is 2. The second-order valence-electron chi connectivity index (χ2n) is 3.99. The molecule has 2 rings (SSSR count). The largest absolute Gasteiger partial charge is 0.444 e.